The topological polar surface area (TPSA) is 73.6 Å². The summed E-state index contributed by atoms with van der Waals surface area (Å²) < 4.78 is 10.3. The van der Waals surface area contributed by atoms with Gasteiger partial charge in [-0.2, -0.15) is 0 Å². The molecule has 0 aliphatic carbocycles. The van der Waals surface area contributed by atoms with Gasteiger partial charge in [0.15, 0.2) is 0 Å². The van der Waals surface area contributed by atoms with Crippen molar-refractivity contribution in [1.82, 2.24) is 9.94 Å². The average Bonchev–Trinajstić information content (AvgIpc) is 2.91. The Morgan fingerprint density at radius 3 is 2.81 bits per heavy atom. The Balaban J connectivity index is 2.27. The molecule has 6 heteroatoms. The lowest BCUT2D eigenvalue weighted by Gasteiger charge is -2.13. The Labute approximate surface area is 122 Å². The van der Waals surface area contributed by atoms with Crippen LogP contribution in [-0.2, 0) is 17.8 Å². The highest BCUT2D eigenvalue weighted by atomic mass is 16.5. The number of methoxy groups -OCH3 is 1. The lowest BCUT2D eigenvalue weighted by molar-refractivity contribution is 0.0597. The van der Waals surface area contributed by atoms with E-state index in [4.69, 9.17) is 14.7 Å². The second-order valence-electron chi connectivity index (χ2n) is 4.55. The highest BCUT2D eigenvalue weighted by molar-refractivity contribution is 5.91. The molecular formula is C15H18N2O4. The Bertz CT molecular complexity index is 622. The van der Waals surface area contributed by atoms with Crippen molar-refractivity contribution in [1.29, 1.82) is 0 Å². The first-order chi connectivity index (χ1) is 10.2. The summed E-state index contributed by atoms with van der Waals surface area (Å²) in [5.74, 6) is -0.0983. The zero-order chi connectivity index (χ0) is 15.2. The van der Waals surface area contributed by atoms with Gasteiger partial charge in [0.25, 0.3) is 0 Å². The Hall–Kier alpha value is -2.50. The minimum Gasteiger partial charge on any atom is -0.472 e. The molecule has 1 aromatic carbocycles. The summed E-state index contributed by atoms with van der Waals surface area (Å²) in [6.07, 6.45) is 3.18. The predicted molar refractivity (Wildman–Crippen MR) is 75.5 cm³/mol. The maximum atomic E-state index is 11.9. The van der Waals surface area contributed by atoms with Crippen LogP contribution in [0, 0.1) is 0 Å². The van der Waals surface area contributed by atoms with E-state index in [0.29, 0.717) is 16.3 Å². The number of aryl methyl sites for hydroxylation is 1. The van der Waals surface area contributed by atoms with E-state index in [9.17, 15) is 4.79 Å². The molecule has 2 aromatic rings. The van der Waals surface area contributed by atoms with Gasteiger partial charge < -0.3 is 14.7 Å². The van der Waals surface area contributed by atoms with E-state index in [1.165, 1.54) is 13.3 Å². The molecule has 0 fully saturated rings. The van der Waals surface area contributed by atoms with Crippen LogP contribution >= 0.6 is 0 Å². The van der Waals surface area contributed by atoms with Gasteiger partial charge in [0.1, 0.15) is 6.61 Å². The van der Waals surface area contributed by atoms with Crippen molar-refractivity contribution in [2.24, 2.45) is 0 Å². The summed E-state index contributed by atoms with van der Waals surface area (Å²) >= 11 is 0. The highest BCUT2D eigenvalue weighted by Crippen LogP contribution is 2.20. The van der Waals surface area contributed by atoms with Gasteiger partial charge in [-0.15, -0.1) is 4.85 Å². The Morgan fingerprint density at radius 2 is 2.19 bits per heavy atom. The van der Waals surface area contributed by atoms with Crippen molar-refractivity contribution in [3.63, 3.8) is 0 Å². The van der Waals surface area contributed by atoms with Crippen LogP contribution in [0.2, 0.25) is 0 Å². The average molecular weight is 290 g/mol. The quantitative estimate of drug-likeness (QED) is 0.653. The molecule has 2 rings (SSSR count). The van der Waals surface area contributed by atoms with E-state index < -0.39 is 0 Å². The molecule has 0 aliphatic heterocycles. The van der Waals surface area contributed by atoms with E-state index in [0.717, 1.165) is 24.0 Å². The molecule has 1 aromatic heterocycles. The van der Waals surface area contributed by atoms with Crippen LogP contribution in [0.4, 0.5) is 0 Å². The number of carbonyl (C=O) groups excluding carboxylic acids is 1. The normalized spacial score (nSPS) is 10.4. The fourth-order valence-corrected chi connectivity index (χ4v) is 2.13. The fourth-order valence-electron chi connectivity index (χ4n) is 2.13. The number of ether oxygens (including phenoxy) is 2. The van der Waals surface area contributed by atoms with E-state index in [-0.39, 0.29) is 12.6 Å². The number of nitrogens with zero attached hydrogens (tertiary/aromatic N) is 2. The van der Waals surface area contributed by atoms with Gasteiger partial charge in [0.05, 0.1) is 18.9 Å². The number of rotatable bonds is 6. The van der Waals surface area contributed by atoms with Crippen LogP contribution in [-0.4, -0.2) is 28.2 Å². The third-order valence-electron chi connectivity index (χ3n) is 3.11. The molecule has 1 N–H and O–H groups in total. The van der Waals surface area contributed by atoms with Crippen molar-refractivity contribution >= 4 is 5.97 Å². The van der Waals surface area contributed by atoms with E-state index in [1.54, 1.807) is 12.1 Å². The van der Waals surface area contributed by atoms with Gasteiger partial charge in [0.2, 0.25) is 5.88 Å². The summed E-state index contributed by atoms with van der Waals surface area (Å²) in [6, 6.07) is 7.07. The second kappa shape index (κ2) is 6.78. The summed E-state index contributed by atoms with van der Waals surface area (Å²) in [7, 11) is 1.35. The van der Waals surface area contributed by atoms with Crippen molar-refractivity contribution in [2.75, 3.05) is 7.11 Å². The summed E-state index contributed by atoms with van der Waals surface area (Å²) in [6.45, 7) is 2.26. The van der Waals surface area contributed by atoms with Crippen LogP contribution in [0.1, 0.15) is 34.8 Å². The summed E-state index contributed by atoms with van der Waals surface area (Å²) in [5.41, 5.74) is 2.33. The van der Waals surface area contributed by atoms with Crippen LogP contribution in [0.3, 0.4) is 0 Å². The molecule has 0 bridgehead atoms. The smallest absolute Gasteiger partial charge is 0.338 e. The lowest BCUT2D eigenvalue weighted by Crippen LogP contribution is -2.11. The lowest BCUT2D eigenvalue weighted by atomic mass is 9.98. The van der Waals surface area contributed by atoms with Crippen molar-refractivity contribution in [3.8, 4) is 5.88 Å². The molecule has 21 heavy (non-hydrogen) atoms. The molecule has 112 valence electrons. The molecule has 0 radical (unpaired) electrons. The Kier molecular flexibility index (Phi) is 4.81. The molecule has 0 saturated heterocycles. The minimum atomic E-state index is -0.390. The zero-order valence-corrected chi connectivity index (χ0v) is 12.1. The van der Waals surface area contributed by atoms with Crippen molar-refractivity contribution in [3.05, 3.63) is 47.2 Å². The number of carbonyl (C=O) groups is 1. The minimum absolute atomic E-state index is 0.192. The SMILES string of the molecule is CCCc1cccc(C(=O)OC)c1COc1ccn(O)n1. The van der Waals surface area contributed by atoms with Crippen molar-refractivity contribution < 1.29 is 19.5 Å². The van der Waals surface area contributed by atoms with Gasteiger partial charge in [-0.1, -0.05) is 30.6 Å². The molecule has 0 amide bonds. The van der Waals surface area contributed by atoms with E-state index in [2.05, 4.69) is 12.0 Å². The van der Waals surface area contributed by atoms with Gasteiger partial charge in [-0.25, -0.2) is 4.79 Å². The first-order valence-electron chi connectivity index (χ1n) is 6.72. The van der Waals surface area contributed by atoms with Crippen LogP contribution in [0.5, 0.6) is 5.88 Å². The van der Waals surface area contributed by atoms with E-state index >= 15 is 0 Å². The van der Waals surface area contributed by atoms with Crippen molar-refractivity contribution in [2.45, 2.75) is 26.4 Å². The van der Waals surface area contributed by atoms with Crippen LogP contribution < -0.4 is 4.74 Å². The molecule has 0 spiro atoms. The molecular weight excluding hydrogens is 272 g/mol. The number of hydrogen-bond donors (Lipinski definition) is 1. The summed E-state index contributed by atoms with van der Waals surface area (Å²) in [4.78, 5) is 12.5. The van der Waals surface area contributed by atoms with Gasteiger partial charge in [-0.3, -0.25) is 0 Å². The first-order valence-corrected chi connectivity index (χ1v) is 6.72. The fraction of sp³-hybridized carbons (Fsp3) is 0.333. The molecule has 6 nitrogen and oxygen atoms in total. The first kappa shape index (κ1) is 14.9. The molecule has 0 aliphatic rings. The monoisotopic (exact) mass is 290 g/mol. The molecule has 1 heterocycles. The largest absolute Gasteiger partial charge is 0.472 e. The summed E-state index contributed by atoms with van der Waals surface area (Å²) in [5, 5.41) is 12.9. The molecule has 0 saturated carbocycles. The second-order valence-corrected chi connectivity index (χ2v) is 4.55. The highest BCUT2D eigenvalue weighted by Gasteiger charge is 2.16. The maximum absolute atomic E-state index is 11.9. The zero-order valence-electron chi connectivity index (χ0n) is 12.1. The molecule has 0 atom stereocenters. The standard InChI is InChI=1S/C15H18N2O4/c1-3-5-11-6-4-7-12(15(18)20-2)13(11)10-21-14-8-9-17(19)16-14/h4,6-9,19H,3,5,10H2,1-2H3. The van der Waals surface area contributed by atoms with Gasteiger partial charge in [-0.05, 0) is 18.1 Å². The van der Waals surface area contributed by atoms with Crippen LogP contribution in [0.25, 0.3) is 0 Å². The maximum Gasteiger partial charge on any atom is 0.338 e. The Morgan fingerprint density at radius 1 is 1.38 bits per heavy atom. The number of benzene rings is 1. The van der Waals surface area contributed by atoms with E-state index in [1.807, 2.05) is 12.1 Å². The van der Waals surface area contributed by atoms with Gasteiger partial charge >= 0.3 is 5.97 Å². The number of aromatic nitrogens is 2. The van der Waals surface area contributed by atoms with Crippen LogP contribution in [0.15, 0.2) is 30.5 Å². The third kappa shape index (κ3) is 3.53. The predicted octanol–water partition coefficient (Wildman–Crippen LogP) is 2.44. The number of hydrogen-bond acceptors (Lipinski definition) is 5. The number of esters is 1. The van der Waals surface area contributed by atoms with Gasteiger partial charge in [0, 0.05) is 11.6 Å². The third-order valence-corrected chi connectivity index (χ3v) is 3.11. The molecule has 0 unspecified atom stereocenters.